The third-order valence-corrected chi connectivity index (χ3v) is 6.39. The van der Waals surface area contributed by atoms with Gasteiger partial charge in [-0.1, -0.05) is 18.2 Å². The first-order valence-electron chi connectivity index (χ1n) is 8.85. The molecule has 1 aliphatic heterocycles. The van der Waals surface area contributed by atoms with Crippen LogP contribution in [0.4, 0.5) is 4.39 Å². The van der Waals surface area contributed by atoms with E-state index in [1.165, 1.54) is 18.2 Å². The summed E-state index contributed by atoms with van der Waals surface area (Å²) in [6.07, 6.45) is 4.12. The molecule has 4 nitrogen and oxygen atoms in total. The fourth-order valence-electron chi connectivity index (χ4n) is 3.86. The van der Waals surface area contributed by atoms with Crippen LogP contribution < -0.4 is 0 Å². The van der Waals surface area contributed by atoms with E-state index in [-0.39, 0.29) is 21.8 Å². The molecule has 6 heteroatoms. The lowest BCUT2D eigenvalue weighted by atomic mass is 9.89. The predicted octanol–water partition coefficient (Wildman–Crippen LogP) is 4.01. The van der Waals surface area contributed by atoms with Crippen LogP contribution in [0.1, 0.15) is 36.8 Å². The SMILES string of the molecule is CS(=O)(=O)c1ccc(C2=C(c3ccccc3F)C(=O)C3(CCCC3)O2)cc1. The van der Waals surface area contributed by atoms with E-state index >= 15 is 0 Å². The van der Waals surface area contributed by atoms with Crippen molar-refractivity contribution in [3.8, 4) is 0 Å². The molecule has 0 amide bonds. The van der Waals surface area contributed by atoms with Gasteiger partial charge >= 0.3 is 0 Å². The first kappa shape index (κ1) is 17.9. The van der Waals surface area contributed by atoms with Gasteiger partial charge in [0.1, 0.15) is 11.6 Å². The number of carbonyl (C=O) groups is 1. The van der Waals surface area contributed by atoms with Crippen LogP contribution in [0, 0.1) is 5.82 Å². The summed E-state index contributed by atoms with van der Waals surface area (Å²) in [6.45, 7) is 0. The Hall–Kier alpha value is -2.47. The molecule has 0 saturated heterocycles. The summed E-state index contributed by atoms with van der Waals surface area (Å²) in [6, 6.07) is 12.3. The van der Waals surface area contributed by atoms with Crippen LogP contribution in [-0.4, -0.2) is 26.1 Å². The second-order valence-corrected chi connectivity index (χ2v) is 9.13. The molecule has 0 atom stereocenters. The molecule has 0 bridgehead atoms. The summed E-state index contributed by atoms with van der Waals surface area (Å²) < 4.78 is 44.1. The van der Waals surface area contributed by atoms with Crippen molar-refractivity contribution in [2.75, 3.05) is 6.26 Å². The molecule has 0 unspecified atom stereocenters. The minimum atomic E-state index is -3.33. The minimum Gasteiger partial charge on any atom is -0.478 e. The van der Waals surface area contributed by atoms with Gasteiger partial charge in [-0.25, -0.2) is 12.8 Å². The number of hydrogen-bond donors (Lipinski definition) is 0. The number of rotatable bonds is 3. The molecule has 27 heavy (non-hydrogen) atoms. The maximum Gasteiger partial charge on any atom is 0.210 e. The Labute approximate surface area is 157 Å². The summed E-state index contributed by atoms with van der Waals surface area (Å²) in [7, 11) is -3.33. The van der Waals surface area contributed by atoms with Crippen LogP contribution in [0.25, 0.3) is 11.3 Å². The zero-order valence-corrected chi connectivity index (χ0v) is 15.7. The highest BCUT2D eigenvalue weighted by atomic mass is 32.2. The highest BCUT2D eigenvalue weighted by Gasteiger charge is 2.51. The van der Waals surface area contributed by atoms with E-state index in [0.717, 1.165) is 19.1 Å². The molecule has 0 aromatic heterocycles. The van der Waals surface area contributed by atoms with E-state index in [2.05, 4.69) is 0 Å². The summed E-state index contributed by atoms with van der Waals surface area (Å²) in [5, 5.41) is 0. The van der Waals surface area contributed by atoms with Gasteiger partial charge in [0, 0.05) is 17.4 Å². The molecule has 1 aliphatic carbocycles. The van der Waals surface area contributed by atoms with E-state index in [1.54, 1.807) is 30.3 Å². The molecule has 1 heterocycles. The minimum absolute atomic E-state index is 0.180. The second kappa shape index (κ2) is 6.30. The Kier molecular flexibility index (Phi) is 4.18. The lowest BCUT2D eigenvalue weighted by Gasteiger charge is -2.22. The van der Waals surface area contributed by atoms with Crippen molar-refractivity contribution in [2.24, 2.45) is 0 Å². The zero-order valence-electron chi connectivity index (χ0n) is 14.9. The van der Waals surface area contributed by atoms with E-state index in [1.807, 2.05) is 0 Å². The molecule has 1 saturated carbocycles. The molecular formula is C21H19FO4S. The molecule has 0 N–H and O–H groups in total. The number of carbonyl (C=O) groups excluding carboxylic acids is 1. The smallest absolute Gasteiger partial charge is 0.210 e. The van der Waals surface area contributed by atoms with Crippen LogP contribution in [0.2, 0.25) is 0 Å². The third-order valence-electron chi connectivity index (χ3n) is 5.26. The first-order valence-corrected chi connectivity index (χ1v) is 10.7. The molecule has 4 rings (SSSR count). The second-order valence-electron chi connectivity index (χ2n) is 7.11. The van der Waals surface area contributed by atoms with Crippen molar-refractivity contribution in [1.82, 2.24) is 0 Å². The van der Waals surface area contributed by atoms with E-state index in [4.69, 9.17) is 4.74 Å². The Balaban J connectivity index is 1.88. The fraction of sp³-hybridized carbons (Fsp3) is 0.286. The molecule has 140 valence electrons. The fourth-order valence-corrected chi connectivity index (χ4v) is 4.49. The third kappa shape index (κ3) is 2.98. The van der Waals surface area contributed by atoms with E-state index in [0.29, 0.717) is 24.2 Å². The van der Waals surface area contributed by atoms with Crippen LogP contribution in [-0.2, 0) is 19.4 Å². The maximum atomic E-state index is 14.5. The number of sulfone groups is 1. The highest BCUT2D eigenvalue weighted by molar-refractivity contribution is 7.90. The number of benzene rings is 2. The standard InChI is InChI=1S/C21H19FO4S/c1-27(24,25)15-10-8-14(9-11-15)19-18(16-6-2-3-7-17(16)22)20(23)21(26-19)12-4-5-13-21/h2-3,6-11H,4-5,12-13H2,1H3. The van der Waals surface area contributed by atoms with Gasteiger partial charge in [-0.05, 0) is 56.0 Å². The number of Topliss-reactive ketones (excluding diaryl/α,β-unsaturated/α-hetero) is 1. The van der Waals surface area contributed by atoms with Crippen LogP contribution in [0.3, 0.4) is 0 Å². The molecular weight excluding hydrogens is 367 g/mol. The first-order chi connectivity index (χ1) is 12.8. The van der Waals surface area contributed by atoms with E-state index in [9.17, 15) is 17.6 Å². The van der Waals surface area contributed by atoms with Gasteiger partial charge in [0.2, 0.25) is 5.78 Å². The number of halogens is 1. The summed E-state index contributed by atoms with van der Waals surface area (Å²) in [5.41, 5.74) is 0.0935. The van der Waals surface area contributed by atoms with E-state index < -0.39 is 21.3 Å². The normalized spacial score (nSPS) is 19.0. The van der Waals surface area contributed by atoms with Gasteiger partial charge in [-0.15, -0.1) is 0 Å². The van der Waals surface area contributed by atoms with Crippen molar-refractivity contribution < 1.29 is 22.3 Å². The summed E-state index contributed by atoms with van der Waals surface area (Å²) in [4.78, 5) is 13.4. The van der Waals surface area contributed by atoms with Gasteiger partial charge in [0.15, 0.2) is 15.4 Å². The monoisotopic (exact) mass is 386 g/mol. The van der Waals surface area contributed by atoms with Crippen LogP contribution >= 0.6 is 0 Å². The maximum absolute atomic E-state index is 14.5. The van der Waals surface area contributed by atoms with Crippen molar-refractivity contribution in [1.29, 1.82) is 0 Å². The number of ether oxygens (including phenoxy) is 1. The Morgan fingerprint density at radius 3 is 2.22 bits per heavy atom. The lowest BCUT2D eigenvalue weighted by Crippen LogP contribution is -2.33. The van der Waals surface area contributed by atoms with Gasteiger partial charge in [-0.2, -0.15) is 0 Å². The largest absolute Gasteiger partial charge is 0.478 e. The summed E-state index contributed by atoms with van der Waals surface area (Å²) in [5.74, 6) is -0.343. The van der Waals surface area contributed by atoms with Crippen molar-refractivity contribution in [2.45, 2.75) is 36.2 Å². The zero-order chi connectivity index (χ0) is 19.2. The lowest BCUT2D eigenvalue weighted by molar-refractivity contribution is -0.127. The molecule has 2 aromatic rings. The quantitative estimate of drug-likeness (QED) is 0.800. The average Bonchev–Trinajstić information content (AvgIpc) is 3.22. The molecule has 0 radical (unpaired) electrons. The Morgan fingerprint density at radius 2 is 1.63 bits per heavy atom. The van der Waals surface area contributed by atoms with Gasteiger partial charge < -0.3 is 4.74 Å². The molecule has 2 aliphatic rings. The highest BCUT2D eigenvalue weighted by Crippen LogP contribution is 2.49. The van der Waals surface area contributed by atoms with Gasteiger partial charge in [0.25, 0.3) is 0 Å². The topological polar surface area (TPSA) is 60.4 Å². The van der Waals surface area contributed by atoms with Gasteiger partial charge in [0.05, 0.1) is 10.5 Å². The van der Waals surface area contributed by atoms with Crippen LogP contribution in [0.5, 0.6) is 0 Å². The van der Waals surface area contributed by atoms with Crippen LogP contribution in [0.15, 0.2) is 53.4 Å². The molecule has 2 aromatic carbocycles. The Morgan fingerprint density at radius 1 is 1.00 bits per heavy atom. The number of hydrogen-bond acceptors (Lipinski definition) is 4. The van der Waals surface area contributed by atoms with Crippen molar-refractivity contribution in [3.05, 3.63) is 65.5 Å². The Bertz CT molecular complexity index is 1050. The summed E-state index contributed by atoms with van der Waals surface area (Å²) >= 11 is 0. The molecule has 1 fully saturated rings. The van der Waals surface area contributed by atoms with Gasteiger partial charge in [-0.3, -0.25) is 4.79 Å². The predicted molar refractivity (Wildman–Crippen MR) is 100 cm³/mol. The average molecular weight is 386 g/mol. The van der Waals surface area contributed by atoms with Crippen molar-refractivity contribution in [3.63, 3.8) is 0 Å². The van der Waals surface area contributed by atoms with Crippen molar-refractivity contribution >= 4 is 27.0 Å². The number of ketones is 1. The molecule has 1 spiro atoms.